The number of nitrogens with zero attached hydrogens (tertiary/aromatic N) is 2. The molecule has 0 aromatic heterocycles. The zero-order valence-electron chi connectivity index (χ0n) is 15.3. The Balaban J connectivity index is 1.55. The highest BCUT2D eigenvalue weighted by Crippen LogP contribution is 2.29. The minimum atomic E-state index is -3.28. The average Bonchev–Trinajstić information content (AvgIpc) is 2.64. The smallest absolute Gasteiger partial charge is 0.251 e. The zero-order chi connectivity index (χ0) is 18.6. The van der Waals surface area contributed by atoms with Crippen LogP contribution in [0.15, 0.2) is 18.2 Å². The van der Waals surface area contributed by atoms with Crippen LogP contribution in [0.1, 0.15) is 28.8 Å². The van der Waals surface area contributed by atoms with E-state index in [0.29, 0.717) is 24.3 Å². The lowest BCUT2D eigenvalue weighted by Gasteiger charge is -2.29. The van der Waals surface area contributed by atoms with Crippen molar-refractivity contribution >= 4 is 21.6 Å². The number of hydrogen-bond donors (Lipinski definition) is 2. The molecule has 7 nitrogen and oxygen atoms in total. The maximum atomic E-state index is 12.4. The Bertz CT molecular complexity index is 745. The van der Waals surface area contributed by atoms with Gasteiger partial charge in [0.15, 0.2) is 0 Å². The fraction of sp³-hybridized carbons (Fsp3) is 0.611. The number of hydrogen-bond acceptors (Lipinski definition) is 5. The lowest BCUT2D eigenvalue weighted by Crippen LogP contribution is -2.44. The predicted octanol–water partition coefficient (Wildman–Crippen LogP) is 0.424. The van der Waals surface area contributed by atoms with Crippen LogP contribution in [0.2, 0.25) is 0 Å². The molecule has 3 rings (SSSR count). The van der Waals surface area contributed by atoms with Crippen LogP contribution >= 0.6 is 0 Å². The van der Waals surface area contributed by atoms with Gasteiger partial charge in [0.2, 0.25) is 10.0 Å². The van der Waals surface area contributed by atoms with Gasteiger partial charge in [-0.3, -0.25) is 9.10 Å². The Morgan fingerprint density at radius 3 is 2.73 bits per heavy atom. The summed E-state index contributed by atoms with van der Waals surface area (Å²) in [5.74, 6) is -0.0930. The number of nitrogens with one attached hydrogen (secondary N) is 2. The summed E-state index contributed by atoms with van der Waals surface area (Å²) in [7, 11) is -3.28. The third-order valence-electron chi connectivity index (χ3n) is 4.96. The lowest BCUT2D eigenvalue weighted by molar-refractivity contribution is 0.0951. The van der Waals surface area contributed by atoms with Gasteiger partial charge in [-0.15, -0.1) is 0 Å². The van der Waals surface area contributed by atoms with Crippen LogP contribution in [0.3, 0.4) is 0 Å². The van der Waals surface area contributed by atoms with E-state index in [1.165, 1.54) is 10.6 Å². The predicted molar refractivity (Wildman–Crippen MR) is 103 cm³/mol. The second-order valence-electron chi connectivity index (χ2n) is 6.98. The molecule has 1 fully saturated rings. The lowest BCUT2D eigenvalue weighted by atomic mass is 10.0. The van der Waals surface area contributed by atoms with E-state index in [0.717, 1.165) is 57.5 Å². The van der Waals surface area contributed by atoms with Gasteiger partial charge in [-0.25, -0.2) is 8.42 Å². The summed E-state index contributed by atoms with van der Waals surface area (Å²) in [6, 6.07) is 5.30. The number of piperazine rings is 1. The van der Waals surface area contributed by atoms with Crippen molar-refractivity contribution in [3.05, 3.63) is 29.3 Å². The summed E-state index contributed by atoms with van der Waals surface area (Å²) < 4.78 is 25.3. The van der Waals surface area contributed by atoms with Crippen molar-refractivity contribution in [2.75, 3.05) is 56.4 Å². The Morgan fingerprint density at radius 2 is 2.00 bits per heavy atom. The number of anilines is 1. The van der Waals surface area contributed by atoms with Crippen molar-refractivity contribution in [3.63, 3.8) is 0 Å². The van der Waals surface area contributed by atoms with E-state index < -0.39 is 10.0 Å². The zero-order valence-corrected chi connectivity index (χ0v) is 16.1. The van der Waals surface area contributed by atoms with Crippen LogP contribution in [-0.4, -0.2) is 71.3 Å². The number of carbonyl (C=O) groups is 1. The summed E-state index contributed by atoms with van der Waals surface area (Å²) in [4.78, 5) is 14.8. The maximum Gasteiger partial charge on any atom is 0.251 e. The molecule has 0 atom stereocenters. The topological polar surface area (TPSA) is 81.8 Å². The fourth-order valence-corrected chi connectivity index (χ4v) is 4.59. The molecular formula is C18H28N4O3S. The van der Waals surface area contributed by atoms with Gasteiger partial charge in [-0.1, -0.05) is 0 Å². The van der Waals surface area contributed by atoms with Crippen molar-refractivity contribution in [1.29, 1.82) is 0 Å². The highest BCUT2D eigenvalue weighted by Gasteiger charge is 2.24. The number of amides is 1. The van der Waals surface area contributed by atoms with Gasteiger partial charge in [0, 0.05) is 44.8 Å². The number of rotatable bonds is 6. The average molecular weight is 381 g/mol. The van der Waals surface area contributed by atoms with Gasteiger partial charge >= 0.3 is 0 Å². The molecule has 1 aromatic carbocycles. The van der Waals surface area contributed by atoms with Crippen molar-refractivity contribution in [2.24, 2.45) is 0 Å². The minimum Gasteiger partial charge on any atom is -0.352 e. The molecule has 0 radical (unpaired) electrons. The largest absolute Gasteiger partial charge is 0.352 e. The standard InChI is InChI=1S/C18H28N4O3S/c1-26(24,25)22-11-2-4-15-14-16(5-6-17(15)22)18(23)20-7-3-10-21-12-8-19-9-13-21/h5-6,14,19H,2-4,7-13H2,1H3,(H,20,23). The number of benzene rings is 1. The third-order valence-corrected chi connectivity index (χ3v) is 6.14. The van der Waals surface area contributed by atoms with E-state index in [9.17, 15) is 13.2 Å². The highest BCUT2D eigenvalue weighted by molar-refractivity contribution is 7.92. The molecule has 144 valence electrons. The van der Waals surface area contributed by atoms with E-state index in [4.69, 9.17) is 0 Å². The van der Waals surface area contributed by atoms with Gasteiger partial charge < -0.3 is 15.5 Å². The van der Waals surface area contributed by atoms with Crippen LogP contribution in [-0.2, 0) is 16.4 Å². The number of aryl methyl sites for hydroxylation is 1. The van der Waals surface area contributed by atoms with Crippen molar-refractivity contribution in [1.82, 2.24) is 15.5 Å². The number of carbonyl (C=O) groups excluding carboxylic acids is 1. The molecule has 2 N–H and O–H groups in total. The Labute approximate surface area is 155 Å². The quantitative estimate of drug-likeness (QED) is 0.699. The van der Waals surface area contributed by atoms with E-state index >= 15 is 0 Å². The molecule has 2 aliphatic rings. The SMILES string of the molecule is CS(=O)(=O)N1CCCc2cc(C(=O)NCCCN3CCNCC3)ccc21. The van der Waals surface area contributed by atoms with Crippen LogP contribution in [0, 0.1) is 0 Å². The molecule has 1 amide bonds. The molecule has 2 heterocycles. The molecule has 26 heavy (non-hydrogen) atoms. The molecule has 2 aliphatic heterocycles. The molecule has 1 saturated heterocycles. The Morgan fingerprint density at radius 1 is 1.23 bits per heavy atom. The number of fused-ring (bicyclic) bond motifs is 1. The molecule has 0 saturated carbocycles. The molecule has 8 heteroatoms. The first-order valence-electron chi connectivity index (χ1n) is 9.27. The van der Waals surface area contributed by atoms with Gasteiger partial charge in [0.1, 0.15) is 0 Å². The van der Waals surface area contributed by atoms with E-state index in [2.05, 4.69) is 15.5 Å². The second-order valence-corrected chi connectivity index (χ2v) is 8.89. The first-order chi connectivity index (χ1) is 12.4. The first-order valence-corrected chi connectivity index (χ1v) is 11.1. The van der Waals surface area contributed by atoms with Gasteiger partial charge in [0.25, 0.3) is 5.91 Å². The first kappa shape index (κ1) is 19.1. The summed E-state index contributed by atoms with van der Waals surface area (Å²) in [6.45, 7) is 6.34. The number of sulfonamides is 1. The van der Waals surface area contributed by atoms with E-state index in [1.54, 1.807) is 12.1 Å². The fourth-order valence-electron chi connectivity index (χ4n) is 3.59. The summed E-state index contributed by atoms with van der Waals surface area (Å²) in [5.41, 5.74) is 2.23. The van der Waals surface area contributed by atoms with Crippen LogP contribution in [0.5, 0.6) is 0 Å². The normalized spacial score (nSPS) is 18.4. The van der Waals surface area contributed by atoms with Crippen molar-refractivity contribution in [2.45, 2.75) is 19.3 Å². The highest BCUT2D eigenvalue weighted by atomic mass is 32.2. The maximum absolute atomic E-state index is 12.4. The Kier molecular flexibility index (Phi) is 6.16. The van der Waals surface area contributed by atoms with Crippen LogP contribution < -0.4 is 14.9 Å². The van der Waals surface area contributed by atoms with Crippen LogP contribution in [0.25, 0.3) is 0 Å². The summed E-state index contributed by atoms with van der Waals surface area (Å²) >= 11 is 0. The van der Waals surface area contributed by atoms with E-state index in [1.807, 2.05) is 6.07 Å². The minimum absolute atomic E-state index is 0.0930. The Hall–Kier alpha value is -1.64. The van der Waals surface area contributed by atoms with Crippen molar-refractivity contribution < 1.29 is 13.2 Å². The molecule has 0 unspecified atom stereocenters. The molecular weight excluding hydrogens is 352 g/mol. The van der Waals surface area contributed by atoms with E-state index in [-0.39, 0.29) is 5.91 Å². The molecule has 1 aromatic rings. The summed E-state index contributed by atoms with van der Waals surface area (Å²) in [6.07, 6.45) is 3.72. The molecule has 0 bridgehead atoms. The monoisotopic (exact) mass is 380 g/mol. The van der Waals surface area contributed by atoms with Crippen molar-refractivity contribution in [3.8, 4) is 0 Å². The second kappa shape index (κ2) is 8.37. The van der Waals surface area contributed by atoms with Gasteiger partial charge in [-0.05, 0) is 49.6 Å². The van der Waals surface area contributed by atoms with Crippen LogP contribution in [0.4, 0.5) is 5.69 Å². The van der Waals surface area contributed by atoms with Gasteiger partial charge in [0.05, 0.1) is 11.9 Å². The molecule has 0 aliphatic carbocycles. The molecule has 0 spiro atoms. The third kappa shape index (κ3) is 4.75. The summed E-state index contributed by atoms with van der Waals surface area (Å²) in [5, 5.41) is 6.30. The van der Waals surface area contributed by atoms with Gasteiger partial charge in [-0.2, -0.15) is 0 Å².